The van der Waals surface area contributed by atoms with Gasteiger partial charge >= 0.3 is 6.03 Å². The molecule has 0 radical (unpaired) electrons. The van der Waals surface area contributed by atoms with Gasteiger partial charge in [-0.3, -0.25) is 10.1 Å². The number of aryl methyl sites for hydroxylation is 1. The Balaban J connectivity index is 1.76. The molecular weight excluding hydrogens is 268 g/mol. The maximum Gasteiger partial charge on any atom is 0.325 e. The van der Waals surface area contributed by atoms with Gasteiger partial charge in [0.15, 0.2) is 0 Å². The maximum atomic E-state index is 12.0. The lowest BCUT2D eigenvalue weighted by atomic mass is 9.96. The highest BCUT2D eigenvalue weighted by Crippen LogP contribution is 2.32. The molecule has 5 nitrogen and oxygen atoms in total. The zero-order valence-corrected chi connectivity index (χ0v) is 12.6. The Kier molecular flexibility index (Phi) is 3.15. The van der Waals surface area contributed by atoms with Crippen LogP contribution in [0.15, 0.2) is 18.2 Å². The van der Waals surface area contributed by atoms with Crippen LogP contribution in [0, 0.1) is 6.92 Å². The highest BCUT2D eigenvalue weighted by atomic mass is 16.5. The van der Waals surface area contributed by atoms with E-state index in [2.05, 4.69) is 11.4 Å². The van der Waals surface area contributed by atoms with Crippen molar-refractivity contribution in [1.29, 1.82) is 0 Å². The Morgan fingerprint density at radius 1 is 1.43 bits per heavy atom. The number of carbonyl (C=O) groups is 2. The first kappa shape index (κ1) is 13.9. The van der Waals surface area contributed by atoms with Crippen LogP contribution in [0.25, 0.3) is 0 Å². The molecule has 0 aromatic heterocycles. The second-order valence-corrected chi connectivity index (χ2v) is 6.05. The number of urea groups is 1. The summed E-state index contributed by atoms with van der Waals surface area (Å²) in [7, 11) is 0. The summed E-state index contributed by atoms with van der Waals surface area (Å²) in [5.41, 5.74) is 1.60. The minimum Gasteiger partial charge on any atom is -0.488 e. The van der Waals surface area contributed by atoms with Gasteiger partial charge in [0.05, 0.1) is 6.54 Å². The number of fused-ring (bicyclic) bond motifs is 1. The van der Waals surface area contributed by atoms with Gasteiger partial charge in [0.1, 0.15) is 17.4 Å². The largest absolute Gasteiger partial charge is 0.488 e. The fourth-order valence-electron chi connectivity index (χ4n) is 3.04. The van der Waals surface area contributed by atoms with Crippen LogP contribution >= 0.6 is 0 Å². The fraction of sp³-hybridized carbons (Fsp3) is 0.500. The highest BCUT2D eigenvalue weighted by Gasteiger charge is 2.49. The molecule has 21 heavy (non-hydrogen) atoms. The summed E-state index contributed by atoms with van der Waals surface area (Å²) in [6, 6.07) is 5.78. The van der Waals surface area contributed by atoms with Gasteiger partial charge in [0.25, 0.3) is 5.91 Å². The van der Waals surface area contributed by atoms with Crippen molar-refractivity contribution in [3.8, 4) is 5.75 Å². The highest BCUT2D eigenvalue weighted by molar-refractivity contribution is 6.06. The number of ether oxygens (including phenoxy) is 1. The number of benzene rings is 1. The van der Waals surface area contributed by atoms with Crippen molar-refractivity contribution in [3.05, 3.63) is 29.3 Å². The lowest BCUT2D eigenvalue weighted by molar-refractivity contribution is -0.126. The van der Waals surface area contributed by atoms with Crippen molar-refractivity contribution in [2.45, 2.75) is 45.3 Å². The molecule has 0 bridgehead atoms. The van der Waals surface area contributed by atoms with Crippen LogP contribution in [0.1, 0.15) is 31.4 Å². The number of amides is 3. The molecule has 112 valence electrons. The Morgan fingerprint density at radius 3 is 2.90 bits per heavy atom. The predicted molar refractivity (Wildman–Crippen MR) is 78.2 cm³/mol. The standard InChI is InChI=1S/C16H20N2O3/c1-4-16(3)14(19)17-15(20)18(16)9-12-8-11-7-10(2)5-6-13(11)21-12/h5-7,12H,4,8-9H2,1-3H3,(H,17,19,20). The summed E-state index contributed by atoms with van der Waals surface area (Å²) >= 11 is 0. The Bertz CT molecular complexity index is 614. The third kappa shape index (κ3) is 2.17. The van der Waals surface area contributed by atoms with Crippen LogP contribution in [0.2, 0.25) is 0 Å². The van der Waals surface area contributed by atoms with Crippen LogP contribution in [0.3, 0.4) is 0 Å². The second-order valence-electron chi connectivity index (χ2n) is 6.05. The zero-order valence-electron chi connectivity index (χ0n) is 12.6. The number of imide groups is 1. The fourth-order valence-corrected chi connectivity index (χ4v) is 3.04. The van der Waals surface area contributed by atoms with Gasteiger partial charge in [0, 0.05) is 6.42 Å². The smallest absolute Gasteiger partial charge is 0.325 e. The van der Waals surface area contributed by atoms with E-state index in [-0.39, 0.29) is 18.0 Å². The molecule has 3 amide bonds. The van der Waals surface area contributed by atoms with E-state index in [1.165, 1.54) is 11.1 Å². The molecule has 2 aliphatic rings. The normalized spacial score (nSPS) is 27.6. The number of hydrogen-bond acceptors (Lipinski definition) is 3. The van der Waals surface area contributed by atoms with E-state index in [0.29, 0.717) is 13.0 Å². The Hall–Kier alpha value is -2.04. The third-order valence-corrected chi connectivity index (χ3v) is 4.58. The quantitative estimate of drug-likeness (QED) is 0.866. The first-order valence-corrected chi connectivity index (χ1v) is 7.33. The summed E-state index contributed by atoms with van der Waals surface area (Å²) in [6.07, 6.45) is 1.27. The van der Waals surface area contributed by atoms with Crippen molar-refractivity contribution in [2.75, 3.05) is 6.54 Å². The molecule has 2 aliphatic heterocycles. The van der Waals surface area contributed by atoms with E-state index in [1.54, 1.807) is 11.8 Å². The van der Waals surface area contributed by atoms with Crippen LogP contribution in [-0.2, 0) is 11.2 Å². The van der Waals surface area contributed by atoms with Gasteiger partial charge in [-0.15, -0.1) is 0 Å². The molecule has 1 aromatic carbocycles. The van der Waals surface area contributed by atoms with Crippen molar-refractivity contribution < 1.29 is 14.3 Å². The van der Waals surface area contributed by atoms with E-state index in [9.17, 15) is 9.59 Å². The molecule has 2 atom stereocenters. The second kappa shape index (κ2) is 4.76. The number of nitrogens with zero attached hydrogens (tertiary/aromatic N) is 1. The Labute approximate surface area is 124 Å². The molecule has 2 unspecified atom stereocenters. The summed E-state index contributed by atoms with van der Waals surface area (Å²) in [5, 5.41) is 2.41. The first-order chi connectivity index (χ1) is 9.94. The number of rotatable bonds is 3. The lowest BCUT2D eigenvalue weighted by Gasteiger charge is -2.32. The monoisotopic (exact) mass is 288 g/mol. The number of nitrogens with one attached hydrogen (secondary N) is 1. The van der Waals surface area contributed by atoms with Gasteiger partial charge in [-0.2, -0.15) is 0 Å². The molecule has 1 fully saturated rings. The van der Waals surface area contributed by atoms with Gasteiger partial charge < -0.3 is 9.64 Å². The topological polar surface area (TPSA) is 58.6 Å². The number of carbonyl (C=O) groups excluding carboxylic acids is 2. The van der Waals surface area contributed by atoms with Crippen molar-refractivity contribution in [3.63, 3.8) is 0 Å². The summed E-state index contributed by atoms with van der Waals surface area (Å²) < 4.78 is 5.91. The van der Waals surface area contributed by atoms with Gasteiger partial charge in [-0.05, 0) is 31.9 Å². The zero-order chi connectivity index (χ0) is 15.2. The Morgan fingerprint density at radius 2 is 2.19 bits per heavy atom. The lowest BCUT2D eigenvalue weighted by Crippen LogP contribution is -2.50. The molecule has 0 spiro atoms. The first-order valence-electron chi connectivity index (χ1n) is 7.33. The van der Waals surface area contributed by atoms with E-state index < -0.39 is 5.54 Å². The summed E-state index contributed by atoms with van der Waals surface area (Å²) in [4.78, 5) is 25.6. The molecule has 1 saturated heterocycles. The number of hydrogen-bond donors (Lipinski definition) is 1. The molecular formula is C16H20N2O3. The van der Waals surface area contributed by atoms with E-state index in [1.807, 2.05) is 26.0 Å². The molecule has 0 aliphatic carbocycles. The molecule has 5 heteroatoms. The summed E-state index contributed by atoms with van der Waals surface area (Å²) in [6.45, 7) is 6.20. The molecule has 3 rings (SSSR count). The van der Waals surface area contributed by atoms with Crippen LogP contribution in [0.4, 0.5) is 4.79 Å². The van der Waals surface area contributed by atoms with Crippen LogP contribution < -0.4 is 10.1 Å². The average molecular weight is 288 g/mol. The minimum absolute atomic E-state index is 0.0932. The van der Waals surface area contributed by atoms with Crippen LogP contribution in [-0.4, -0.2) is 35.0 Å². The average Bonchev–Trinajstić information content (AvgIpc) is 2.93. The minimum atomic E-state index is -0.773. The maximum absolute atomic E-state index is 12.0. The van der Waals surface area contributed by atoms with Gasteiger partial charge in [-0.25, -0.2) is 4.79 Å². The molecule has 0 saturated carbocycles. The van der Waals surface area contributed by atoms with E-state index in [4.69, 9.17) is 4.74 Å². The van der Waals surface area contributed by atoms with Crippen molar-refractivity contribution in [1.82, 2.24) is 10.2 Å². The van der Waals surface area contributed by atoms with Gasteiger partial charge in [-0.1, -0.05) is 24.6 Å². The third-order valence-electron chi connectivity index (χ3n) is 4.58. The predicted octanol–water partition coefficient (Wildman–Crippen LogP) is 2.02. The van der Waals surface area contributed by atoms with Gasteiger partial charge in [0.2, 0.25) is 0 Å². The van der Waals surface area contributed by atoms with Crippen LogP contribution in [0.5, 0.6) is 5.75 Å². The van der Waals surface area contributed by atoms with Crippen molar-refractivity contribution in [2.24, 2.45) is 0 Å². The van der Waals surface area contributed by atoms with Crippen molar-refractivity contribution >= 4 is 11.9 Å². The van der Waals surface area contributed by atoms with E-state index in [0.717, 1.165) is 12.2 Å². The molecule has 1 N–H and O–H groups in total. The summed E-state index contributed by atoms with van der Waals surface area (Å²) in [5.74, 6) is 0.663. The molecule has 2 heterocycles. The van der Waals surface area contributed by atoms with E-state index >= 15 is 0 Å². The molecule has 1 aromatic rings. The SMILES string of the molecule is CCC1(C)C(=O)NC(=O)N1CC1Cc2cc(C)ccc2O1.